The van der Waals surface area contributed by atoms with E-state index in [9.17, 15) is 4.79 Å². The average molecular weight is 353 g/mol. The van der Waals surface area contributed by atoms with Crippen LogP contribution < -0.4 is 14.8 Å². The summed E-state index contributed by atoms with van der Waals surface area (Å²) in [6.07, 6.45) is 0.811. The smallest absolute Gasteiger partial charge is 0.217 e. The molecule has 1 heterocycles. The lowest BCUT2D eigenvalue weighted by atomic mass is 10.3. The van der Waals surface area contributed by atoms with Crippen LogP contribution in [0, 0.1) is 0 Å². The van der Waals surface area contributed by atoms with Crippen molar-refractivity contribution in [2.24, 2.45) is 0 Å². The third-order valence-electron chi connectivity index (χ3n) is 4.08. The zero-order valence-electron chi connectivity index (χ0n) is 15.1. The summed E-state index contributed by atoms with van der Waals surface area (Å²) in [6, 6.07) is 15.6. The maximum atomic E-state index is 11.2. The average Bonchev–Trinajstić information content (AvgIpc) is 3.01. The van der Waals surface area contributed by atoms with Crippen molar-refractivity contribution in [3.63, 3.8) is 0 Å². The van der Waals surface area contributed by atoms with Crippen molar-refractivity contribution in [3.05, 3.63) is 54.4 Å². The third-order valence-corrected chi connectivity index (χ3v) is 4.08. The van der Waals surface area contributed by atoms with Crippen LogP contribution in [-0.4, -0.2) is 29.2 Å². The Balaban J connectivity index is 1.67. The summed E-state index contributed by atoms with van der Waals surface area (Å²) in [5, 5.41) is 2.82. The number of carbonyl (C=O) groups is 1. The van der Waals surface area contributed by atoms with Crippen molar-refractivity contribution in [3.8, 4) is 11.5 Å². The second kappa shape index (κ2) is 8.38. The van der Waals surface area contributed by atoms with E-state index in [0.717, 1.165) is 41.3 Å². The fraction of sp³-hybridized carbons (Fsp3) is 0.300. The second-order valence-corrected chi connectivity index (χ2v) is 5.93. The molecule has 1 amide bonds. The number of nitrogens with one attached hydrogen (secondary N) is 1. The minimum atomic E-state index is -0.0666. The topological polar surface area (TPSA) is 65.4 Å². The first-order valence-electron chi connectivity index (χ1n) is 8.63. The second-order valence-electron chi connectivity index (χ2n) is 5.93. The molecule has 0 saturated carbocycles. The number of amides is 1. The number of aryl methyl sites for hydroxylation is 1. The number of nitrogens with zero attached hydrogens (tertiary/aromatic N) is 2. The Labute approximate surface area is 152 Å². The summed E-state index contributed by atoms with van der Waals surface area (Å²) in [5.41, 5.74) is 1.99. The molecule has 0 saturated heterocycles. The summed E-state index contributed by atoms with van der Waals surface area (Å²) >= 11 is 0. The standard InChI is InChI=1S/C20H23N3O3/c1-15(24)21-14-20-22-16-8-3-4-9-17(16)23(20)12-7-13-26-19-11-6-5-10-18(19)25-2/h3-6,8-11H,7,12-14H2,1-2H3,(H,21,24). The molecule has 1 N–H and O–H groups in total. The summed E-state index contributed by atoms with van der Waals surface area (Å²) in [4.78, 5) is 15.9. The number of imidazole rings is 1. The van der Waals surface area contributed by atoms with E-state index in [-0.39, 0.29) is 5.91 Å². The Bertz CT molecular complexity index is 889. The maximum absolute atomic E-state index is 11.2. The number of para-hydroxylation sites is 4. The van der Waals surface area contributed by atoms with Crippen LogP contribution in [0.5, 0.6) is 11.5 Å². The lowest BCUT2D eigenvalue weighted by Gasteiger charge is -2.12. The Hall–Kier alpha value is -3.02. The van der Waals surface area contributed by atoms with Crippen molar-refractivity contribution in [1.29, 1.82) is 0 Å². The number of hydrogen-bond acceptors (Lipinski definition) is 4. The molecule has 0 radical (unpaired) electrons. The number of aromatic nitrogens is 2. The van der Waals surface area contributed by atoms with E-state index in [4.69, 9.17) is 9.47 Å². The van der Waals surface area contributed by atoms with Crippen LogP contribution in [0.3, 0.4) is 0 Å². The highest BCUT2D eigenvalue weighted by Crippen LogP contribution is 2.26. The third kappa shape index (κ3) is 4.14. The van der Waals surface area contributed by atoms with Crippen LogP contribution >= 0.6 is 0 Å². The van der Waals surface area contributed by atoms with E-state index >= 15 is 0 Å². The van der Waals surface area contributed by atoms with E-state index in [1.165, 1.54) is 6.92 Å². The number of rotatable bonds is 8. The molecule has 0 unspecified atom stereocenters. The fourth-order valence-electron chi connectivity index (χ4n) is 2.86. The predicted octanol–water partition coefficient (Wildman–Crippen LogP) is 3.15. The van der Waals surface area contributed by atoms with Gasteiger partial charge in [-0.25, -0.2) is 4.98 Å². The Kier molecular flexibility index (Phi) is 5.73. The van der Waals surface area contributed by atoms with Gasteiger partial charge in [-0.2, -0.15) is 0 Å². The monoisotopic (exact) mass is 353 g/mol. The van der Waals surface area contributed by atoms with Crippen LogP contribution in [-0.2, 0) is 17.9 Å². The highest BCUT2D eigenvalue weighted by atomic mass is 16.5. The summed E-state index contributed by atoms with van der Waals surface area (Å²) in [5.74, 6) is 2.25. The number of methoxy groups -OCH3 is 1. The summed E-state index contributed by atoms with van der Waals surface area (Å²) in [6.45, 7) is 3.24. The molecule has 6 nitrogen and oxygen atoms in total. The molecule has 3 rings (SSSR count). The van der Waals surface area contributed by atoms with Crippen LogP contribution in [0.15, 0.2) is 48.5 Å². The van der Waals surface area contributed by atoms with E-state index in [2.05, 4.69) is 14.9 Å². The van der Waals surface area contributed by atoms with Gasteiger partial charge >= 0.3 is 0 Å². The summed E-state index contributed by atoms with van der Waals surface area (Å²) < 4.78 is 13.3. The number of hydrogen-bond donors (Lipinski definition) is 1. The molecule has 0 spiro atoms. The lowest BCUT2D eigenvalue weighted by molar-refractivity contribution is -0.119. The molecule has 1 aromatic heterocycles. The molecule has 26 heavy (non-hydrogen) atoms. The van der Waals surface area contributed by atoms with Crippen LogP contribution in [0.1, 0.15) is 19.2 Å². The Morgan fingerprint density at radius 1 is 1.12 bits per heavy atom. The fourth-order valence-corrected chi connectivity index (χ4v) is 2.86. The van der Waals surface area contributed by atoms with Gasteiger partial charge < -0.3 is 19.4 Å². The van der Waals surface area contributed by atoms with Gasteiger partial charge in [0, 0.05) is 13.5 Å². The van der Waals surface area contributed by atoms with Crippen LogP contribution in [0.25, 0.3) is 11.0 Å². The molecule has 6 heteroatoms. The molecule has 136 valence electrons. The van der Waals surface area contributed by atoms with E-state index in [0.29, 0.717) is 13.2 Å². The first-order chi connectivity index (χ1) is 12.7. The van der Waals surface area contributed by atoms with E-state index in [1.54, 1.807) is 7.11 Å². The molecule has 0 bridgehead atoms. The predicted molar refractivity (Wildman–Crippen MR) is 100 cm³/mol. The molecular weight excluding hydrogens is 330 g/mol. The van der Waals surface area contributed by atoms with Gasteiger partial charge in [-0.05, 0) is 30.7 Å². The minimum absolute atomic E-state index is 0.0666. The molecule has 0 aliphatic carbocycles. The molecule has 0 fully saturated rings. The van der Waals surface area contributed by atoms with Gasteiger partial charge in [-0.3, -0.25) is 4.79 Å². The zero-order valence-corrected chi connectivity index (χ0v) is 15.1. The number of fused-ring (bicyclic) bond motifs is 1. The van der Waals surface area contributed by atoms with Crippen molar-refractivity contribution < 1.29 is 14.3 Å². The maximum Gasteiger partial charge on any atom is 0.217 e. The number of benzene rings is 2. The van der Waals surface area contributed by atoms with Crippen LogP contribution in [0.4, 0.5) is 0 Å². The lowest BCUT2D eigenvalue weighted by Crippen LogP contribution is -2.22. The quantitative estimate of drug-likeness (QED) is 0.632. The van der Waals surface area contributed by atoms with Gasteiger partial charge in [0.05, 0.1) is 31.3 Å². The van der Waals surface area contributed by atoms with Gasteiger partial charge in [0.2, 0.25) is 5.91 Å². The molecule has 2 aromatic carbocycles. The Morgan fingerprint density at radius 2 is 1.85 bits per heavy atom. The molecule has 0 aliphatic rings. The largest absolute Gasteiger partial charge is 0.493 e. The van der Waals surface area contributed by atoms with Crippen molar-refractivity contribution in [2.45, 2.75) is 26.4 Å². The number of ether oxygens (including phenoxy) is 2. The van der Waals surface area contributed by atoms with E-state index < -0.39 is 0 Å². The van der Waals surface area contributed by atoms with Crippen molar-refractivity contribution in [2.75, 3.05) is 13.7 Å². The minimum Gasteiger partial charge on any atom is -0.493 e. The van der Waals surface area contributed by atoms with Gasteiger partial charge in [0.25, 0.3) is 0 Å². The van der Waals surface area contributed by atoms with E-state index in [1.807, 2.05) is 48.5 Å². The molecule has 0 aliphatic heterocycles. The SMILES string of the molecule is COc1ccccc1OCCCn1c(CNC(C)=O)nc2ccccc21. The van der Waals surface area contributed by atoms with Gasteiger partial charge in [0.1, 0.15) is 5.82 Å². The number of carbonyl (C=O) groups excluding carboxylic acids is 1. The van der Waals surface area contributed by atoms with Crippen LogP contribution in [0.2, 0.25) is 0 Å². The first kappa shape index (κ1) is 17.8. The molecule has 3 aromatic rings. The normalized spacial score (nSPS) is 10.7. The highest BCUT2D eigenvalue weighted by molar-refractivity contribution is 5.76. The Morgan fingerprint density at radius 3 is 2.62 bits per heavy atom. The van der Waals surface area contributed by atoms with Crippen molar-refractivity contribution in [1.82, 2.24) is 14.9 Å². The van der Waals surface area contributed by atoms with Gasteiger partial charge in [-0.1, -0.05) is 24.3 Å². The molecular formula is C20H23N3O3. The molecule has 0 atom stereocenters. The van der Waals surface area contributed by atoms with Crippen molar-refractivity contribution >= 4 is 16.9 Å². The zero-order chi connectivity index (χ0) is 18.4. The first-order valence-corrected chi connectivity index (χ1v) is 8.63. The van der Waals surface area contributed by atoms with Gasteiger partial charge in [-0.15, -0.1) is 0 Å². The summed E-state index contributed by atoms with van der Waals surface area (Å²) in [7, 11) is 1.63. The van der Waals surface area contributed by atoms with Gasteiger partial charge in [0.15, 0.2) is 11.5 Å². The highest BCUT2D eigenvalue weighted by Gasteiger charge is 2.11.